The van der Waals surface area contributed by atoms with Crippen LogP contribution in [-0.4, -0.2) is 5.78 Å². The maximum atomic E-state index is 12.4. The highest BCUT2D eigenvalue weighted by atomic mass is 16.1. The van der Waals surface area contributed by atoms with Crippen molar-refractivity contribution < 1.29 is 4.79 Å². The summed E-state index contributed by atoms with van der Waals surface area (Å²) in [6.45, 7) is 11.7. The van der Waals surface area contributed by atoms with Crippen LogP contribution in [0, 0.1) is 12.5 Å². The molecule has 0 aliphatic rings. The average Bonchev–Trinajstić information content (AvgIpc) is 2.53. The van der Waals surface area contributed by atoms with Gasteiger partial charge in [-0.1, -0.05) is 57.9 Å². The van der Waals surface area contributed by atoms with Crippen molar-refractivity contribution in [2.24, 2.45) is 5.92 Å². The molecule has 22 heavy (non-hydrogen) atoms. The Morgan fingerprint density at radius 3 is 2.45 bits per heavy atom. The predicted octanol–water partition coefficient (Wildman–Crippen LogP) is 5.87. The third kappa shape index (κ3) is 5.50. The van der Waals surface area contributed by atoms with E-state index in [1.54, 1.807) is 6.08 Å². The molecule has 0 N–H and O–H groups in total. The molecule has 1 aromatic carbocycles. The second-order valence-corrected chi connectivity index (χ2v) is 5.63. The highest BCUT2D eigenvalue weighted by Crippen LogP contribution is 2.25. The molecular weight excluding hydrogens is 268 g/mol. The van der Waals surface area contributed by atoms with E-state index in [4.69, 9.17) is 6.58 Å². The quantitative estimate of drug-likeness (QED) is 0.411. The van der Waals surface area contributed by atoms with Gasteiger partial charge in [-0.15, -0.1) is 5.73 Å². The Morgan fingerprint density at radius 2 is 1.91 bits per heavy atom. The molecule has 1 heteroatoms. The minimum atomic E-state index is 0.204. The summed E-state index contributed by atoms with van der Waals surface area (Å²) in [5.74, 6) is 0.677. The summed E-state index contributed by atoms with van der Waals surface area (Å²) < 4.78 is 0. The molecule has 117 valence electrons. The van der Waals surface area contributed by atoms with Crippen LogP contribution < -0.4 is 0 Å². The zero-order chi connectivity index (χ0) is 16.4. The molecule has 0 bridgehead atoms. The first-order valence-electron chi connectivity index (χ1n) is 8.30. The van der Waals surface area contributed by atoms with Gasteiger partial charge < -0.3 is 0 Å². The van der Waals surface area contributed by atoms with Crippen molar-refractivity contribution in [1.82, 2.24) is 0 Å². The van der Waals surface area contributed by atoms with E-state index < -0.39 is 0 Å². The molecule has 1 nitrogen and oxygen atoms in total. The lowest BCUT2D eigenvalue weighted by molar-refractivity contribution is -0.113. The highest BCUT2D eigenvalue weighted by molar-refractivity contribution is 6.20. The molecule has 0 saturated carbocycles. The molecule has 0 atom stereocenters. The average molecular weight is 295 g/mol. The number of allylic oxidation sites excluding steroid dienone is 2. The molecule has 0 aliphatic heterocycles. The van der Waals surface area contributed by atoms with Crippen LogP contribution in [0.25, 0.3) is 11.6 Å². The van der Waals surface area contributed by atoms with E-state index in [1.165, 1.54) is 0 Å². The molecule has 0 fully saturated rings. The number of carbonyl (C=O) groups excluding carboxylic acids is 1. The first kappa shape index (κ1) is 18.2. The Hall–Kier alpha value is -1.85. The minimum Gasteiger partial charge on any atom is -0.294 e. The van der Waals surface area contributed by atoms with E-state index in [-0.39, 0.29) is 5.78 Å². The largest absolute Gasteiger partial charge is 0.294 e. The van der Waals surface area contributed by atoms with Crippen molar-refractivity contribution in [3.63, 3.8) is 0 Å². The van der Waals surface area contributed by atoms with Gasteiger partial charge in [0.1, 0.15) is 0 Å². The lowest BCUT2D eigenvalue weighted by Gasteiger charge is -2.14. The van der Waals surface area contributed by atoms with Gasteiger partial charge in [-0.2, -0.15) is 0 Å². The second-order valence-electron chi connectivity index (χ2n) is 5.63. The molecule has 0 saturated heterocycles. The van der Waals surface area contributed by atoms with E-state index in [9.17, 15) is 4.79 Å². The van der Waals surface area contributed by atoms with Gasteiger partial charge in [-0.05, 0) is 48.6 Å². The van der Waals surface area contributed by atoms with Gasteiger partial charge in [0, 0.05) is 12.0 Å². The highest BCUT2D eigenvalue weighted by Gasteiger charge is 2.13. The Bertz CT molecular complexity index is 553. The van der Waals surface area contributed by atoms with Crippen LogP contribution >= 0.6 is 0 Å². The second kappa shape index (κ2) is 9.97. The zero-order valence-electron chi connectivity index (χ0n) is 14.1. The summed E-state index contributed by atoms with van der Waals surface area (Å²) in [6, 6.07) is 7.94. The zero-order valence-corrected chi connectivity index (χ0v) is 14.1. The van der Waals surface area contributed by atoms with E-state index >= 15 is 0 Å². The molecular formula is C21H27O. The summed E-state index contributed by atoms with van der Waals surface area (Å²) >= 11 is 0. The van der Waals surface area contributed by atoms with Gasteiger partial charge in [0.05, 0.1) is 0 Å². The van der Waals surface area contributed by atoms with Gasteiger partial charge in [-0.25, -0.2) is 0 Å². The fourth-order valence-corrected chi connectivity index (χ4v) is 2.72. The monoisotopic (exact) mass is 295 g/mol. The molecule has 0 aliphatic carbocycles. The lowest BCUT2D eigenvalue weighted by atomic mass is 9.90. The smallest absolute Gasteiger partial charge is 0.162 e. The van der Waals surface area contributed by atoms with E-state index in [1.807, 2.05) is 31.2 Å². The van der Waals surface area contributed by atoms with Crippen LogP contribution in [0.3, 0.4) is 0 Å². The van der Waals surface area contributed by atoms with Crippen LogP contribution in [0.4, 0.5) is 0 Å². The number of rotatable bonds is 9. The van der Waals surface area contributed by atoms with Gasteiger partial charge in [0.25, 0.3) is 0 Å². The molecule has 1 aromatic rings. The molecule has 1 radical (unpaired) electrons. The molecule has 1 rings (SSSR count). The van der Waals surface area contributed by atoms with Crippen molar-refractivity contribution in [2.45, 2.75) is 52.9 Å². The standard InChI is InChI=1S/C21H27O/c1-5-10-17(11-6-2)16-20(21(22)8-4)19-14-9-13-18(15-19)12-7-3/h3,9,12-17H,5-6,8,10-11H2,1-2,4H3/b20-16+. The maximum Gasteiger partial charge on any atom is 0.162 e. The number of carbonyl (C=O) groups is 1. The number of ketones is 1. The molecule has 0 amide bonds. The molecule has 0 spiro atoms. The van der Waals surface area contributed by atoms with Gasteiger partial charge >= 0.3 is 0 Å². The number of Topliss-reactive ketones (excluding diaryl/α,β-unsaturated/α-hetero) is 1. The Morgan fingerprint density at radius 1 is 1.23 bits per heavy atom. The summed E-state index contributed by atoms with van der Waals surface area (Å²) in [6.07, 6.45) is 8.98. The molecule has 0 aromatic heterocycles. The lowest BCUT2D eigenvalue weighted by Crippen LogP contribution is -2.05. The number of hydrogen-bond donors (Lipinski definition) is 0. The third-order valence-corrected chi connectivity index (χ3v) is 3.79. The van der Waals surface area contributed by atoms with Crippen molar-refractivity contribution in [2.75, 3.05) is 0 Å². The van der Waals surface area contributed by atoms with Crippen LogP contribution in [0.15, 0.2) is 36.1 Å². The van der Waals surface area contributed by atoms with Crippen molar-refractivity contribution in [3.8, 4) is 0 Å². The SMILES string of the molecule is [CH]=C=Cc1cccc(/C(=C\C(CCC)CCC)C(=O)CC)c1. The molecule has 0 unspecified atom stereocenters. The Labute approximate surface area is 135 Å². The van der Waals surface area contributed by atoms with E-state index in [0.29, 0.717) is 12.3 Å². The van der Waals surface area contributed by atoms with Crippen molar-refractivity contribution in [1.29, 1.82) is 0 Å². The Balaban J connectivity index is 3.24. The predicted molar refractivity (Wildman–Crippen MR) is 95.3 cm³/mol. The van der Waals surface area contributed by atoms with Crippen molar-refractivity contribution in [3.05, 3.63) is 53.8 Å². The van der Waals surface area contributed by atoms with E-state index in [2.05, 4.69) is 25.7 Å². The summed E-state index contributed by atoms with van der Waals surface area (Å²) in [7, 11) is 0. The first-order valence-corrected chi connectivity index (χ1v) is 8.30. The van der Waals surface area contributed by atoms with Gasteiger partial charge in [0.15, 0.2) is 5.78 Å². The summed E-state index contributed by atoms with van der Waals surface area (Å²) in [4.78, 5) is 12.4. The fourth-order valence-electron chi connectivity index (χ4n) is 2.72. The minimum absolute atomic E-state index is 0.204. The fraction of sp³-hybridized carbons (Fsp3) is 0.429. The normalized spacial score (nSPS) is 11.4. The van der Waals surface area contributed by atoms with E-state index in [0.717, 1.165) is 42.4 Å². The first-order chi connectivity index (χ1) is 10.7. The van der Waals surface area contributed by atoms with Crippen LogP contribution in [0.1, 0.15) is 64.0 Å². The Kier molecular flexibility index (Phi) is 8.25. The number of benzene rings is 1. The van der Waals surface area contributed by atoms with Gasteiger partial charge in [-0.3, -0.25) is 4.79 Å². The van der Waals surface area contributed by atoms with Crippen LogP contribution in [-0.2, 0) is 4.79 Å². The van der Waals surface area contributed by atoms with Crippen LogP contribution in [0.5, 0.6) is 0 Å². The van der Waals surface area contributed by atoms with Crippen LogP contribution in [0.2, 0.25) is 0 Å². The molecule has 0 heterocycles. The van der Waals surface area contributed by atoms with Crippen molar-refractivity contribution >= 4 is 17.4 Å². The maximum absolute atomic E-state index is 12.4. The van der Waals surface area contributed by atoms with Gasteiger partial charge in [0.2, 0.25) is 0 Å². The third-order valence-electron chi connectivity index (χ3n) is 3.79. The summed E-state index contributed by atoms with van der Waals surface area (Å²) in [5.41, 5.74) is 5.34. The summed E-state index contributed by atoms with van der Waals surface area (Å²) in [5, 5.41) is 0. The number of hydrogen-bond acceptors (Lipinski definition) is 1. The topological polar surface area (TPSA) is 17.1 Å².